The molecule has 1 aliphatic rings. The Morgan fingerprint density at radius 3 is 2.42 bits per heavy atom. The lowest BCUT2D eigenvalue weighted by Gasteiger charge is -2.31. The lowest BCUT2D eigenvalue weighted by atomic mass is 9.96. The Balaban J connectivity index is 0. The van der Waals surface area contributed by atoms with Crippen molar-refractivity contribution in [3.63, 3.8) is 0 Å². The molecule has 0 aliphatic carbocycles. The predicted octanol–water partition coefficient (Wildman–Crippen LogP) is 1.66. The van der Waals surface area contributed by atoms with E-state index in [0.717, 1.165) is 6.54 Å². The minimum Gasteiger partial charge on any atom is -0.356 e. The van der Waals surface area contributed by atoms with Crippen LogP contribution in [0.3, 0.4) is 0 Å². The zero-order chi connectivity index (χ0) is 12.7. The molecule has 0 aromatic rings. The number of likely N-dealkylation sites (tertiary alicyclic amines) is 1. The highest BCUT2D eigenvalue weighted by atomic mass is 35.5. The first-order valence-electron chi connectivity index (χ1n) is 6.87. The predicted molar refractivity (Wildman–Crippen MR) is 85.2 cm³/mol. The second-order valence-corrected chi connectivity index (χ2v) is 5.17. The van der Waals surface area contributed by atoms with Crippen molar-refractivity contribution in [1.82, 2.24) is 10.2 Å². The number of nitrogens with two attached hydrogens (primary N) is 1. The van der Waals surface area contributed by atoms with E-state index in [2.05, 4.69) is 17.1 Å². The molecule has 0 radical (unpaired) electrons. The molecule has 1 heterocycles. The standard InChI is InChI=1S/C13H27N3O.2ClH/c1-3-6-16-7-4-12(5-8-16)10-15-13(17)11(2)9-14;;/h11-12H,3-10,14H2,1-2H3,(H,15,17);2*1H. The topological polar surface area (TPSA) is 58.4 Å². The Bertz CT molecular complexity index is 234. The maximum absolute atomic E-state index is 11.6. The van der Waals surface area contributed by atoms with Gasteiger partial charge in [0.15, 0.2) is 0 Å². The quantitative estimate of drug-likeness (QED) is 0.784. The van der Waals surface area contributed by atoms with Gasteiger partial charge in [-0.25, -0.2) is 0 Å². The van der Waals surface area contributed by atoms with E-state index in [1.54, 1.807) is 0 Å². The molecule has 1 atom stereocenters. The van der Waals surface area contributed by atoms with Crippen LogP contribution in [-0.2, 0) is 4.79 Å². The van der Waals surface area contributed by atoms with Gasteiger partial charge in [-0.2, -0.15) is 0 Å². The number of amides is 1. The Kier molecular flexibility index (Phi) is 13.2. The summed E-state index contributed by atoms with van der Waals surface area (Å²) in [5.74, 6) is 0.690. The van der Waals surface area contributed by atoms with Crippen LogP contribution in [0.2, 0.25) is 0 Å². The normalized spacial score (nSPS) is 18.1. The van der Waals surface area contributed by atoms with Crippen LogP contribution in [0.1, 0.15) is 33.1 Å². The molecule has 0 saturated carbocycles. The van der Waals surface area contributed by atoms with E-state index >= 15 is 0 Å². The SMILES string of the molecule is CCCN1CCC(CNC(=O)C(C)CN)CC1.Cl.Cl. The highest BCUT2D eigenvalue weighted by Crippen LogP contribution is 2.16. The fourth-order valence-corrected chi connectivity index (χ4v) is 2.26. The summed E-state index contributed by atoms with van der Waals surface area (Å²) in [6, 6.07) is 0. The Morgan fingerprint density at radius 1 is 1.37 bits per heavy atom. The van der Waals surface area contributed by atoms with Gasteiger partial charge in [0, 0.05) is 19.0 Å². The first kappa shape index (κ1) is 21.3. The van der Waals surface area contributed by atoms with Gasteiger partial charge in [0.05, 0.1) is 0 Å². The molecule has 3 N–H and O–H groups in total. The maximum Gasteiger partial charge on any atom is 0.224 e. The van der Waals surface area contributed by atoms with Crippen LogP contribution in [0.5, 0.6) is 0 Å². The summed E-state index contributed by atoms with van der Waals surface area (Å²) < 4.78 is 0. The first-order chi connectivity index (χ1) is 8.17. The van der Waals surface area contributed by atoms with Gasteiger partial charge in [-0.1, -0.05) is 13.8 Å². The zero-order valence-corrected chi connectivity index (χ0v) is 13.7. The van der Waals surface area contributed by atoms with Crippen LogP contribution in [-0.4, -0.2) is 43.5 Å². The van der Waals surface area contributed by atoms with Crippen molar-refractivity contribution in [3.8, 4) is 0 Å². The van der Waals surface area contributed by atoms with Crippen LogP contribution in [0, 0.1) is 11.8 Å². The molecule has 19 heavy (non-hydrogen) atoms. The van der Waals surface area contributed by atoms with Gasteiger partial charge >= 0.3 is 0 Å². The minimum atomic E-state index is -0.0600. The number of nitrogens with zero attached hydrogens (tertiary/aromatic N) is 1. The molecule has 0 aromatic carbocycles. The molecular weight excluding hydrogens is 285 g/mol. The summed E-state index contributed by atoms with van der Waals surface area (Å²) in [6.45, 7) is 8.93. The molecule has 4 nitrogen and oxygen atoms in total. The molecule has 0 bridgehead atoms. The average molecular weight is 314 g/mol. The Hall–Kier alpha value is -0.0300. The third-order valence-corrected chi connectivity index (χ3v) is 3.61. The van der Waals surface area contributed by atoms with Gasteiger partial charge in [-0.3, -0.25) is 4.79 Å². The molecule has 6 heteroatoms. The third kappa shape index (κ3) is 7.98. The molecule has 1 fully saturated rings. The summed E-state index contributed by atoms with van der Waals surface area (Å²) in [4.78, 5) is 14.1. The van der Waals surface area contributed by atoms with Crippen LogP contribution >= 0.6 is 24.8 Å². The van der Waals surface area contributed by atoms with E-state index in [9.17, 15) is 4.79 Å². The summed E-state index contributed by atoms with van der Waals surface area (Å²) in [6.07, 6.45) is 3.64. The number of nitrogens with one attached hydrogen (secondary N) is 1. The number of halogens is 2. The molecule has 1 aliphatic heterocycles. The monoisotopic (exact) mass is 313 g/mol. The molecule has 1 rings (SSSR count). The number of carbonyl (C=O) groups excluding carboxylic acids is 1. The van der Waals surface area contributed by atoms with Crippen molar-refractivity contribution in [2.24, 2.45) is 17.6 Å². The minimum absolute atomic E-state index is 0. The van der Waals surface area contributed by atoms with Gasteiger partial charge in [0.2, 0.25) is 5.91 Å². The molecule has 1 unspecified atom stereocenters. The maximum atomic E-state index is 11.6. The Morgan fingerprint density at radius 2 is 1.95 bits per heavy atom. The van der Waals surface area contributed by atoms with E-state index in [0.29, 0.717) is 12.5 Å². The highest BCUT2D eigenvalue weighted by molar-refractivity contribution is 5.85. The van der Waals surface area contributed by atoms with Crippen LogP contribution in [0.15, 0.2) is 0 Å². The van der Waals surface area contributed by atoms with E-state index < -0.39 is 0 Å². The van der Waals surface area contributed by atoms with Crippen molar-refractivity contribution in [1.29, 1.82) is 0 Å². The van der Waals surface area contributed by atoms with E-state index in [4.69, 9.17) is 5.73 Å². The van der Waals surface area contributed by atoms with Crippen molar-refractivity contribution < 1.29 is 4.79 Å². The molecule has 1 amide bonds. The van der Waals surface area contributed by atoms with E-state index in [1.807, 2.05) is 6.92 Å². The van der Waals surface area contributed by atoms with E-state index in [-0.39, 0.29) is 36.6 Å². The van der Waals surface area contributed by atoms with Crippen molar-refractivity contribution in [3.05, 3.63) is 0 Å². The van der Waals surface area contributed by atoms with Gasteiger partial charge in [-0.15, -0.1) is 24.8 Å². The molecule has 116 valence electrons. The third-order valence-electron chi connectivity index (χ3n) is 3.61. The van der Waals surface area contributed by atoms with Crippen LogP contribution in [0.25, 0.3) is 0 Å². The number of hydrogen-bond donors (Lipinski definition) is 2. The number of carbonyl (C=O) groups is 1. The summed E-state index contributed by atoms with van der Waals surface area (Å²) in [7, 11) is 0. The number of rotatable bonds is 6. The Labute approximate surface area is 129 Å². The number of hydrogen-bond acceptors (Lipinski definition) is 3. The lowest BCUT2D eigenvalue weighted by molar-refractivity contribution is -0.124. The lowest BCUT2D eigenvalue weighted by Crippen LogP contribution is -2.41. The van der Waals surface area contributed by atoms with Crippen molar-refractivity contribution in [2.45, 2.75) is 33.1 Å². The number of piperidine rings is 1. The molecule has 1 saturated heterocycles. The first-order valence-corrected chi connectivity index (χ1v) is 6.87. The van der Waals surface area contributed by atoms with Gasteiger partial charge < -0.3 is 16.0 Å². The smallest absolute Gasteiger partial charge is 0.224 e. The van der Waals surface area contributed by atoms with Gasteiger partial charge in [0.25, 0.3) is 0 Å². The summed E-state index contributed by atoms with van der Waals surface area (Å²) in [5.41, 5.74) is 5.47. The van der Waals surface area contributed by atoms with Crippen LogP contribution < -0.4 is 11.1 Å². The van der Waals surface area contributed by atoms with Crippen molar-refractivity contribution in [2.75, 3.05) is 32.7 Å². The van der Waals surface area contributed by atoms with Crippen molar-refractivity contribution >= 4 is 30.7 Å². The summed E-state index contributed by atoms with van der Waals surface area (Å²) >= 11 is 0. The molecule has 0 spiro atoms. The molecule has 0 aromatic heterocycles. The molecular formula is C13H29Cl2N3O. The van der Waals surface area contributed by atoms with Crippen LogP contribution in [0.4, 0.5) is 0 Å². The van der Waals surface area contributed by atoms with Gasteiger partial charge in [0.1, 0.15) is 0 Å². The average Bonchev–Trinajstić information content (AvgIpc) is 2.37. The van der Waals surface area contributed by atoms with E-state index in [1.165, 1.54) is 38.9 Å². The fourth-order valence-electron chi connectivity index (χ4n) is 2.26. The summed E-state index contributed by atoms with van der Waals surface area (Å²) in [5, 5.41) is 3.01. The fraction of sp³-hybridized carbons (Fsp3) is 0.923. The second kappa shape index (κ2) is 11.8. The van der Waals surface area contributed by atoms with Gasteiger partial charge in [-0.05, 0) is 44.8 Å². The zero-order valence-electron chi connectivity index (χ0n) is 12.1. The second-order valence-electron chi connectivity index (χ2n) is 5.17. The highest BCUT2D eigenvalue weighted by Gasteiger charge is 2.19. The largest absolute Gasteiger partial charge is 0.356 e.